The van der Waals surface area contributed by atoms with Gasteiger partial charge in [-0.2, -0.15) is 0 Å². The van der Waals surface area contributed by atoms with Crippen molar-refractivity contribution in [1.29, 1.82) is 0 Å². The van der Waals surface area contributed by atoms with Gasteiger partial charge in [-0.25, -0.2) is 9.97 Å². The van der Waals surface area contributed by atoms with Crippen LogP contribution < -0.4 is 0 Å². The van der Waals surface area contributed by atoms with Gasteiger partial charge in [0.15, 0.2) is 5.82 Å². The molecule has 0 saturated carbocycles. The van der Waals surface area contributed by atoms with Crippen molar-refractivity contribution >= 4 is 16.5 Å². The first kappa shape index (κ1) is 14.8. The van der Waals surface area contributed by atoms with Crippen molar-refractivity contribution in [3.8, 4) is 11.3 Å². The lowest BCUT2D eigenvalue weighted by molar-refractivity contribution is 0.612. The number of allylic oxidation sites excluding steroid dienone is 4. The molecule has 1 unspecified atom stereocenters. The molecule has 3 aromatic rings. The molecule has 2 nitrogen and oxygen atoms in total. The molecule has 1 heterocycles. The molecule has 4 rings (SSSR count). The Bertz CT molecular complexity index is 923. The third-order valence-corrected chi connectivity index (χ3v) is 4.48. The minimum absolute atomic E-state index is 0.616. The van der Waals surface area contributed by atoms with Crippen molar-refractivity contribution < 1.29 is 0 Å². The van der Waals surface area contributed by atoms with Crippen LogP contribution in [0.15, 0.2) is 72.8 Å². The molecule has 0 amide bonds. The average molecular weight is 312 g/mol. The van der Waals surface area contributed by atoms with Crippen LogP contribution >= 0.6 is 0 Å². The summed E-state index contributed by atoms with van der Waals surface area (Å²) in [6.07, 6.45) is 8.66. The summed E-state index contributed by atoms with van der Waals surface area (Å²) in [5, 5.41) is 1.10. The number of hydrogen-bond acceptors (Lipinski definition) is 2. The van der Waals surface area contributed by atoms with Gasteiger partial charge < -0.3 is 0 Å². The van der Waals surface area contributed by atoms with Crippen LogP contribution in [-0.4, -0.2) is 9.97 Å². The van der Waals surface area contributed by atoms with Crippen LogP contribution in [0, 0.1) is 5.92 Å². The minimum atomic E-state index is 0.616. The molecule has 0 fully saturated rings. The maximum absolute atomic E-state index is 4.96. The summed E-state index contributed by atoms with van der Waals surface area (Å²) in [5.74, 6) is 1.47. The van der Waals surface area contributed by atoms with Gasteiger partial charge in [-0.05, 0) is 30.4 Å². The number of para-hydroxylation sites is 1. The summed E-state index contributed by atoms with van der Waals surface area (Å²) in [5.41, 5.74) is 4.37. The molecule has 24 heavy (non-hydrogen) atoms. The molecule has 2 aromatic carbocycles. The van der Waals surface area contributed by atoms with E-state index in [9.17, 15) is 0 Å². The lowest BCUT2D eigenvalue weighted by Crippen LogP contribution is -2.01. The van der Waals surface area contributed by atoms with E-state index in [4.69, 9.17) is 9.97 Å². The summed E-state index contributed by atoms with van der Waals surface area (Å²) in [4.78, 5) is 9.81. The Morgan fingerprint density at radius 3 is 2.58 bits per heavy atom. The monoisotopic (exact) mass is 312 g/mol. The van der Waals surface area contributed by atoms with Crippen LogP contribution in [-0.2, 0) is 0 Å². The van der Waals surface area contributed by atoms with Crippen LogP contribution in [0.1, 0.15) is 25.6 Å². The first-order valence-corrected chi connectivity index (χ1v) is 8.49. The number of benzene rings is 2. The molecule has 118 valence electrons. The summed E-state index contributed by atoms with van der Waals surface area (Å²) in [7, 11) is 0. The van der Waals surface area contributed by atoms with E-state index in [0.717, 1.165) is 40.8 Å². The largest absolute Gasteiger partial charge is 0.228 e. The van der Waals surface area contributed by atoms with Gasteiger partial charge >= 0.3 is 0 Å². The van der Waals surface area contributed by atoms with E-state index in [-0.39, 0.29) is 0 Å². The molecule has 1 atom stereocenters. The highest BCUT2D eigenvalue weighted by molar-refractivity contribution is 5.93. The van der Waals surface area contributed by atoms with Gasteiger partial charge in [0, 0.05) is 10.9 Å². The number of fused-ring (bicyclic) bond motifs is 1. The molecule has 0 bridgehead atoms. The Morgan fingerprint density at radius 2 is 1.71 bits per heavy atom. The summed E-state index contributed by atoms with van der Waals surface area (Å²) < 4.78 is 0. The number of nitrogens with zero attached hydrogens (tertiary/aromatic N) is 2. The van der Waals surface area contributed by atoms with Gasteiger partial charge in [0.25, 0.3) is 0 Å². The van der Waals surface area contributed by atoms with Crippen LogP contribution in [0.5, 0.6) is 0 Å². The zero-order valence-electron chi connectivity index (χ0n) is 13.8. The summed E-state index contributed by atoms with van der Waals surface area (Å²) in [6, 6.07) is 18.6. The number of rotatable bonds is 2. The zero-order valence-corrected chi connectivity index (χ0v) is 13.8. The van der Waals surface area contributed by atoms with E-state index in [0.29, 0.717) is 5.92 Å². The van der Waals surface area contributed by atoms with Crippen molar-refractivity contribution in [3.63, 3.8) is 0 Å². The lowest BCUT2D eigenvalue weighted by atomic mass is 9.99. The Labute approximate surface area is 142 Å². The van der Waals surface area contributed by atoms with Crippen molar-refractivity contribution in [2.45, 2.75) is 19.8 Å². The zero-order chi connectivity index (χ0) is 16.4. The highest BCUT2D eigenvalue weighted by Crippen LogP contribution is 2.30. The van der Waals surface area contributed by atoms with Crippen molar-refractivity contribution in [1.82, 2.24) is 9.97 Å². The smallest absolute Gasteiger partial charge is 0.156 e. The fraction of sp³-hybridized carbons (Fsp3) is 0.182. The second-order valence-corrected chi connectivity index (χ2v) is 6.44. The van der Waals surface area contributed by atoms with Gasteiger partial charge in [-0.3, -0.25) is 0 Å². The maximum Gasteiger partial charge on any atom is 0.156 e. The van der Waals surface area contributed by atoms with Gasteiger partial charge in [0.05, 0.1) is 11.2 Å². The van der Waals surface area contributed by atoms with E-state index in [1.807, 2.05) is 18.2 Å². The highest BCUT2D eigenvalue weighted by Gasteiger charge is 2.15. The highest BCUT2D eigenvalue weighted by atomic mass is 14.9. The third kappa shape index (κ3) is 2.88. The van der Waals surface area contributed by atoms with Gasteiger partial charge in [0.1, 0.15) is 0 Å². The Morgan fingerprint density at radius 1 is 0.917 bits per heavy atom. The van der Waals surface area contributed by atoms with Gasteiger partial charge in [0.2, 0.25) is 0 Å². The number of hydrogen-bond donors (Lipinski definition) is 0. The Hall–Kier alpha value is -2.74. The molecule has 0 spiro atoms. The topological polar surface area (TPSA) is 25.8 Å². The Balaban J connectivity index is 1.92. The molecule has 1 aromatic heterocycles. The molecule has 0 saturated heterocycles. The van der Waals surface area contributed by atoms with Crippen molar-refractivity contribution in [2.75, 3.05) is 0 Å². The molecule has 0 N–H and O–H groups in total. The van der Waals surface area contributed by atoms with Gasteiger partial charge in [-0.15, -0.1) is 0 Å². The third-order valence-electron chi connectivity index (χ3n) is 4.48. The van der Waals surface area contributed by atoms with Crippen LogP contribution in [0.2, 0.25) is 0 Å². The van der Waals surface area contributed by atoms with Crippen molar-refractivity contribution in [3.05, 3.63) is 78.6 Å². The summed E-state index contributed by atoms with van der Waals surface area (Å²) >= 11 is 0. The van der Waals surface area contributed by atoms with Crippen LogP contribution in [0.25, 0.3) is 27.7 Å². The summed E-state index contributed by atoms with van der Waals surface area (Å²) in [6.45, 7) is 2.28. The normalized spacial score (nSPS) is 17.5. The fourth-order valence-corrected chi connectivity index (χ4v) is 3.22. The molecular weight excluding hydrogens is 292 g/mol. The molecule has 0 radical (unpaired) electrons. The fourth-order valence-electron chi connectivity index (χ4n) is 3.22. The van der Waals surface area contributed by atoms with Crippen LogP contribution in [0.3, 0.4) is 0 Å². The van der Waals surface area contributed by atoms with E-state index in [2.05, 4.69) is 61.5 Å². The maximum atomic E-state index is 4.96. The van der Waals surface area contributed by atoms with E-state index in [1.54, 1.807) is 0 Å². The standard InChI is InChI=1S/C22H20N2/c1-16-9-5-6-12-18(15-16)22-23-20-14-8-7-13-19(20)21(24-22)17-10-3-2-4-11-17/h2-8,10-14,16H,9,15H2,1H3. The predicted octanol–water partition coefficient (Wildman–Crippen LogP) is 5.67. The van der Waals surface area contributed by atoms with E-state index < -0.39 is 0 Å². The average Bonchev–Trinajstić information content (AvgIpc) is 2.86. The molecule has 0 aliphatic heterocycles. The molecule has 1 aliphatic carbocycles. The van der Waals surface area contributed by atoms with Gasteiger partial charge in [-0.1, -0.05) is 73.7 Å². The second-order valence-electron chi connectivity index (χ2n) is 6.44. The SMILES string of the molecule is CC1CC=CC=C(c2nc(-c3ccccc3)c3ccccc3n2)C1. The second kappa shape index (κ2) is 6.40. The van der Waals surface area contributed by atoms with E-state index in [1.165, 1.54) is 5.57 Å². The molecule has 2 heteroatoms. The van der Waals surface area contributed by atoms with E-state index >= 15 is 0 Å². The lowest BCUT2D eigenvalue weighted by Gasteiger charge is -2.13. The first-order valence-electron chi connectivity index (χ1n) is 8.49. The molecule has 1 aliphatic rings. The first-order chi connectivity index (χ1) is 11.8. The van der Waals surface area contributed by atoms with Crippen LogP contribution in [0.4, 0.5) is 0 Å². The molecular formula is C22H20N2. The minimum Gasteiger partial charge on any atom is -0.228 e. The number of aromatic nitrogens is 2. The quantitative estimate of drug-likeness (QED) is 0.609. The predicted molar refractivity (Wildman–Crippen MR) is 100 cm³/mol. The van der Waals surface area contributed by atoms with Crippen molar-refractivity contribution in [2.24, 2.45) is 5.92 Å². The Kier molecular flexibility index (Phi) is 3.96.